The van der Waals surface area contributed by atoms with Gasteiger partial charge in [0.2, 0.25) is 0 Å². The molecule has 0 aliphatic heterocycles. The number of aromatic nitrogens is 2. The summed E-state index contributed by atoms with van der Waals surface area (Å²) < 4.78 is 66.9. The van der Waals surface area contributed by atoms with Gasteiger partial charge in [0.1, 0.15) is 9.87 Å². The van der Waals surface area contributed by atoms with E-state index in [9.17, 15) is 22.0 Å². The molecule has 0 aliphatic carbocycles. The third kappa shape index (κ3) is 4.14. The molecule has 124 valence electrons. The van der Waals surface area contributed by atoms with Crippen LogP contribution in [0, 0.1) is 0 Å². The van der Waals surface area contributed by atoms with Gasteiger partial charge < -0.3 is 5.32 Å². The van der Waals surface area contributed by atoms with Crippen molar-refractivity contribution in [1.29, 1.82) is 0 Å². The van der Waals surface area contributed by atoms with Crippen LogP contribution in [0.25, 0.3) is 0 Å². The lowest BCUT2D eigenvalue weighted by molar-refractivity contribution is -0.137. The van der Waals surface area contributed by atoms with E-state index in [1.54, 1.807) is 0 Å². The molecule has 0 radical (unpaired) electrons. The second kappa shape index (κ2) is 6.91. The van der Waals surface area contributed by atoms with Gasteiger partial charge in [0.25, 0.3) is 6.43 Å². The number of hydrogen-bond donors (Lipinski definition) is 1. The van der Waals surface area contributed by atoms with Gasteiger partial charge in [0, 0.05) is 4.47 Å². The molecule has 2 rings (SSSR count). The summed E-state index contributed by atoms with van der Waals surface area (Å²) in [5, 5.41) is 5.53. The number of anilines is 1. The predicted octanol–water partition coefficient (Wildman–Crippen LogP) is 5.70. The fraction of sp³-hybridized carbons (Fsp3) is 0.182. The highest BCUT2D eigenvalue weighted by atomic mass is 79.9. The predicted molar refractivity (Wildman–Crippen MR) is 84.3 cm³/mol. The molecule has 0 saturated heterocycles. The van der Waals surface area contributed by atoms with Gasteiger partial charge >= 0.3 is 6.18 Å². The summed E-state index contributed by atoms with van der Waals surface area (Å²) in [7, 11) is 0. The van der Waals surface area contributed by atoms with E-state index in [-0.39, 0.29) is 25.0 Å². The quantitative estimate of drug-likeness (QED) is 0.479. The molecule has 1 N–H and O–H groups in total. The minimum Gasteiger partial charge on any atom is -0.343 e. The van der Waals surface area contributed by atoms with E-state index in [0.717, 1.165) is 6.07 Å². The van der Waals surface area contributed by atoms with E-state index >= 15 is 0 Å². The molecule has 1 heterocycles. The zero-order valence-electron chi connectivity index (χ0n) is 10.6. The first-order valence-corrected chi connectivity index (χ1v) is 7.94. The van der Waals surface area contributed by atoms with E-state index in [1.165, 1.54) is 0 Å². The van der Waals surface area contributed by atoms with E-state index in [1.807, 2.05) is 0 Å². The van der Waals surface area contributed by atoms with Crippen molar-refractivity contribution in [2.24, 2.45) is 0 Å². The molecule has 0 atom stereocenters. The van der Waals surface area contributed by atoms with Crippen LogP contribution in [0.5, 0.6) is 0 Å². The second-order valence-electron chi connectivity index (χ2n) is 4.05. The maximum Gasteiger partial charge on any atom is 0.416 e. The molecule has 23 heavy (non-hydrogen) atoms. The Morgan fingerprint density at radius 2 is 2.00 bits per heavy atom. The van der Waals surface area contributed by atoms with Crippen LogP contribution in [0.4, 0.5) is 27.6 Å². The zero-order chi connectivity index (χ0) is 17.4. The molecule has 0 bridgehead atoms. The molecule has 2 aromatic rings. The number of nitrogens with one attached hydrogen (secondary N) is 1. The van der Waals surface area contributed by atoms with E-state index in [2.05, 4.69) is 30.8 Å². The topological polar surface area (TPSA) is 37.8 Å². The normalized spacial score (nSPS) is 11.8. The monoisotopic (exact) mass is 451 g/mol. The molecular weight excluding hydrogens is 449 g/mol. The number of rotatable bonds is 3. The molecule has 0 fully saturated rings. The Morgan fingerprint density at radius 3 is 2.52 bits per heavy atom. The molecule has 12 heteroatoms. The first-order chi connectivity index (χ1) is 10.6. The Morgan fingerprint density at radius 1 is 1.35 bits per heavy atom. The summed E-state index contributed by atoms with van der Waals surface area (Å²) in [6, 6.07) is 1.51. The largest absolute Gasteiger partial charge is 0.416 e. The fourth-order valence-corrected chi connectivity index (χ4v) is 3.35. The lowest BCUT2D eigenvalue weighted by atomic mass is 10.2. The Bertz CT molecular complexity index is 726. The highest BCUT2D eigenvalue weighted by Gasteiger charge is 2.32. The van der Waals surface area contributed by atoms with Crippen LogP contribution in [-0.4, -0.2) is 14.6 Å². The number of nitrogens with zero attached hydrogens (tertiary/aromatic N) is 2. The lowest BCUT2D eigenvalue weighted by Gasteiger charge is -2.14. The summed E-state index contributed by atoms with van der Waals surface area (Å²) in [6.07, 6.45) is -7.45. The van der Waals surface area contributed by atoms with Crippen LogP contribution in [-0.2, 0) is 6.18 Å². The molecule has 0 unspecified atom stereocenters. The minimum atomic E-state index is -4.57. The maximum absolute atomic E-state index is 12.8. The fourth-order valence-electron chi connectivity index (χ4n) is 1.52. The third-order valence-electron chi connectivity index (χ3n) is 2.53. The Labute approximate surface area is 149 Å². The lowest BCUT2D eigenvalue weighted by Crippen LogP contribution is -2.13. The number of thiocarbonyl (C=S) groups is 1. The van der Waals surface area contributed by atoms with Crippen molar-refractivity contribution in [3.63, 3.8) is 0 Å². The van der Waals surface area contributed by atoms with Crippen LogP contribution < -0.4 is 5.32 Å². The number of halogens is 7. The molecule has 0 amide bonds. The van der Waals surface area contributed by atoms with Gasteiger partial charge in [-0.15, -0.1) is 5.10 Å². The molecule has 0 saturated carbocycles. The van der Waals surface area contributed by atoms with Gasteiger partial charge in [0.15, 0.2) is 5.69 Å². The van der Waals surface area contributed by atoms with Crippen LogP contribution in [0.15, 0.2) is 16.6 Å². The SMILES string of the molecule is FC(F)c1nnsc1C(=S)Nc1c(Cl)cc(C(F)(F)F)cc1Br. The van der Waals surface area contributed by atoms with Gasteiger partial charge in [-0.1, -0.05) is 28.3 Å². The standard InChI is InChI=1S/C11H4BrClF5N3S2/c12-4-1-3(11(16,17)18)2-5(13)6(4)19-10(22)8-7(9(14)15)20-21-23-8/h1-2,9H,(H,19,22). The number of hydrogen-bond acceptors (Lipinski definition) is 4. The molecule has 0 spiro atoms. The summed E-state index contributed by atoms with van der Waals surface area (Å²) >= 11 is 14.4. The van der Waals surface area contributed by atoms with Crippen molar-refractivity contribution in [1.82, 2.24) is 9.59 Å². The Balaban J connectivity index is 2.33. The van der Waals surface area contributed by atoms with Crippen LogP contribution in [0.1, 0.15) is 22.6 Å². The van der Waals surface area contributed by atoms with Crippen molar-refractivity contribution < 1.29 is 22.0 Å². The first-order valence-electron chi connectivity index (χ1n) is 5.59. The van der Waals surface area contributed by atoms with E-state index in [0.29, 0.717) is 17.6 Å². The summed E-state index contributed by atoms with van der Waals surface area (Å²) in [5.41, 5.74) is -1.54. The van der Waals surface area contributed by atoms with Crippen molar-refractivity contribution in [2.45, 2.75) is 12.6 Å². The molecule has 0 aliphatic rings. The summed E-state index contributed by atoms with van der Waals surface area (Å²) in [6.45, 7) is 0. The number of benzene rings is 1. The zero-order valence-corrected chi connectivity index (χ0v) is 14.6. The highest BCUT2D eigenvalue weighted by molar-refractivity contribution is 9.10. The highest BCUT2D eigenvalue weighted by Crippen LogP contribution is 2.39. The molecule has 1 aromatic carbocycles. The number of alkyl halides is 5. The van der Waals surface area contributed by atoms with Gasteiger partial charge in [0.05, 0.1) is 16.3 Å². The maximum atomic E-state index is 12.8. The van der Waals surface area contributed by atoms with Crippen molar-refractivity contribution in [2.75, 3.05) is 5.32 Å². The van der Waals surface area contributed by atoms with Crippen LogP contribution in [0.2, 0.25) is 5.02 Å². The minimum absolute atomic E-state index is 0.0178. The van der Waals surface area contributed by atoms with Crippen molar-refractivity contribution in [3.8, 4) is 0 Å². The molecule has 3 nitrogen and oxygen atoms in total. The summed E-state index contributed by atoms with van der Waals surface area (Å²) in [4.78, 5) is -0.254. The van der Waals surface area contributed by atoms with Gasteiger partial charge in [-0.25, -0.2) is 8.78 Å². The van der Waals surface area contributed by atoms with Gasteiger partial charge in [-0.05, 0) is 39.6 Å². The summed E-state index contributed by atoms with van der Waals surface area (Å²) in [5.74, 6) is 0. The second-order valence-corrected chi connectivity index (χ2v) is 6.48. The molecular formula is C11H4BrClF5N3S2. The van der Waals surface area contributed by atoms with E-state index in [4.69, 9.17) is 23.8 Å². The average Bonchev–Trinajstić information content (AvgIpc) is 2.90. The average molecular weight is 453 g/mol. The van der Waals surface area contributed by atoms with Crippen LogP contribution in [0.3, 0.4) is 0 Å². The third-order valence-corrected chi connectivity index (χ3v) is 4.65. The van der Waals surface area contributed by atoms with Gasteiger partial charge in [-0.2, -0.15) is 13.2 Å². The van der Waals surface area contributed by atoms with Crippen molar-refractivity contribution in [3.05, 3.63) is 37.8 Å². The Kier molecular flexibility index (Phi) is 5.54. The molecule has 1 aromatic heterocycles. The Hall–Kier alpha value is -0.910. The smallest absolute Gasteiger partial charge is 0.343 e. The van der Waals surface area contributed by atoms with Crippen molar-refractivity contribution >= 4 is 62.0 Å². The van der Waals surface area contributed by atoms with E-state index < -0.39 is 23.9 Å². The first kappa shape index (κ1) is 18.4. The van der Waals surface area contributed by atoms with Crippen LogP contribution >= 0.6 is 51.3 Å². The van der Waals surface area contributed by atoms with Gasteiger partial charge in [-0.3, -0.25) is 0 Å².